The highest BCUT2D eigenvalue weighted by molar-refractivity contribution is 5.83. The number of rotatable bonds is 6. The van der Waals surface area contributed by atoms with Gasteiger partial charge in [0.05, 0.1) is 5.92 Å². The average Bonchev–Trinajstić information content (AvgIpc) is 3.38. The van der Waals surface area contributed by atoms with E-state index in [1.165, 1.54) is 32.1 Å². The van der Waals surface area contributed by atoms with Gasteiger partial charge in [0, 0.05) is 18.5 Å². The summed E-state index contributed by atoms with van der Waals surface area (Å²) < 4.78 is 0. The molecule has 0 aliphatic heterocycles. The van der Waals surface area contributed by atoms with Crippen molar-refractivity contribution in [2.24, 2.45) is 23.7 Å². The molecule has 0 aromatic heterocycles. The minimum absolute atomic E-state index is 0.203. The summed E-state index contributed by atoms with van der Waals surface area (Å²) in [5, 5.41) is 9.09. The summed E-state index contributed by atoms with van der Waals surface area (Å²) >= 11 is 0. The zero-order valence-corrected chi connectivity index (χ0v) is 13.0. The third-order valence-corrected chi connectivity index (χ3v) is 5.58. The van der Waals surface area contributed by atoms with Gasteiger partial charge in [-0.15, -0.1) is 0 Å². The lowest BCUT2D eigenvalue weighted by molar-refractivity contribution is -0.143. The van der Waals surface area contributed by atoms with E-state index in [0.29, 0.717) is 18.5 Å². The minimum Gasteiger partial charge on any atom is -0.481 e. The van der Waals surface area contributed by atoms with Gasteiger partial charge in [0.15, 0.2) is 0 Å². The second-order valence-corrected chi connectivity index (χ2v) is 7.37. The highest BCUT2D eigenvalue weighted by atomic mass is 16.4. The molecule has 0 saturated heterocycles. The molecule has 3 unspecified atom stereocenters. The molecule has 0 aromatic rings. The smallest absolute Gasteiger partial charge is 0.308 e. The Hall–Kier alpha value is -1.06. The number of hydrogen-bond donors (Lipinski definition) is 1. The van der Waals surface area contributed by atoms with Gasteiger partial charge in [-0.1, -0.05) is 39.0 Å². The summed E-state index contributed by atoms with van der Waals surface area (Å²) in [6.07, 6.45) is 9.75. The first kappa shape index (κ1) is 14.9. The van der Waals surface area contributed by atoms with E-state index in [0.717, 1.165) is 25.2 Å². The second-order valence-electron chi connectivity index (χ2n) is 7.37. The number of carboxylic acids is 1. The van der Waals surface area contributed by atoms with Crippen LogP contribution in [0.2, 0.25) is 0 Å². The van der Waals surface area contributed by atoms with Crippen LogP contribution >= 0.6 is 0 Å². The van der Waals surface area contributed by atoms with Crippen molar-refractivity contribution in [3.05, 3.63) is 0 Å². The minimum atomic E-state index is -0.798. The molecule has 4 nitrogen and oxygen atoms in total. The molecule has 21 heavy (non-hydrogen) atoms. The molecule has 118 valence electrons. The van der Waals surface area contributed by atoms with E-state index in [2.05, 4.69) is 0 Å². The van der Waals surface area contributed by atoms with E-state index < -0.39 is 11.9 Å². The van der Waals surface area contributed by atoms with E-state index in [9.17, 15) is 9.59 Å². The van der Waals surface area contributed by atoms with Crippen molar-refractivity contribution in [2.45, 2.75) is 64.3 Å². The van der Waals surface area contributed by atoms with Crippen LogP contribution in [0.3, 0.4) is 0 Å². The van der Waals surface area contributed by atoms with Crippen molar-refractivity contribution in [3.63, 3.8) is 0 Å². The van der Waals surface area contributed by atoms with Crippen molar-refractivity contribution >= 4 is 11.9 Å². The number of aliphatic carboxylic acids is 1. The molecule has 0 bridgehead atoms. The van der Waals surface area contributed by atoms with Gasteiger partial charge in [0.25, 0.3) is 0 Å². The van der Waals surface area contributed by atoms with Crippen LogP contribution in [0.4, 0.5) is 0 Å². The topological polar surface area (TPSA) is 57.6 Å². The molecule has 0 aromatic carbocycles. The molecular formula is C17H27NO3. The van der Waals surface area contributed by atoms with Crippen molar-refractivity contribution in [2.75, 3.05) is 6.54 Å². The Morgan fingerprint density at radius 1 is 1.14 bits per heavy atom. The van der Waals surface area contributed by atoms with Crippen molar-refractivity contribution in [1.29, 1.82) is 0 Å². The first-order valence-electron chi connectivity index (χ1n) is 8.61. The van der Waals surface area contributed by atoms with E-state index in [1.807, 2.05) is 4.90 Å². The highest BCUT2D eigenvalue weighted by Gasteiger charge is 2.50. The van der Waals surface area contributed by atoms with Crippen LogP contribution < -0.4 is 0 Å². The summed E-state index contributed by atoms with van der Waals surface area (Å²) in [5.41, 5.74) is 0. The number of amides is 1. The monoisotopic (exact) mass is 293 g/mol. The standard InChI is InChI=1S/C17H27NO3/c1-11(17(20)21)10-18(13-7-8-13)16(19)15-9-14(15)12-5-3-2-4-6-12/h11-15H,2-10H2,1H3,(H,20,21). The summed E-state index contributed by atoms with van der Waals surface area (Å²) in [5.74, 6) is 0.551. The van der Waals surface area contributed by atoms with Gasteiger partial charge >= 0.3 is 5.97 Å². The SMILES string of the molecule is CC(CN(C(=O)C1CC1C1CCCCC1)C1CC1)C(=O)O. The van der Waals surface area contributed by atoms with Crippen LogP contribution in [0.25, 0.3) is 0 Å². The molecule has 1 N–H and O–H groups in total. The predicted molar refractivity (Wildman–Crippen MR) is 79.7 cm³/mol. The van der Waals surface area contributed by atoms with E-state index in [-0.39, 0.29) is 11.8 Å². The van der Waals surface area contributed by atoms with E-state index in [1.54, 1.807) is 6.92 Å². The van der Waals surface area contributed by atoms with Gasteiger partial charge in [0.2, 0.25) is 5.91 Å². The molecule has 0 spiro atoms. The fourth-order valence-electron chi connectivity index (χ4n) is 3.97. The van der Waals surface area contributed by atoms with Crippen LogP contribution in [-0.4, -0.2) is 34.5 Å². The van der Waals surface area contributed by atoms with Crippen molar-refractivity contribution < 1.29 is 14.7 Å². The van der Waals surface area contributed by atoms with Gasteiger partial charge in [-0.25, -0.2) is 0 Å². The maximum atomic E-state index is 12.7. The van der Waals surface area contributed by atoms with Crippen LogP contribution in [0, 0.1) is 23.7 Å². The largest absolute Gasteiger partial charge is 0.481 e. The van der Waals surface area contributed by atoms with E-state index >= 15 is 0 Å². The summed E-state index contributed by atoms with van der Waals surface area (Å²) in [6, 6.07) is 0.326. The van der Waals surface area contributed by atoms with Crippen LogP contribution in [0.15, 0.2) is 0 Å². The summed E-state index contributed by atoms with van der Waals surface area (Å²) in [7, 11) is 0. The summed E-state index contributed by atoms with van der Waals surface area (Å²) in [6.45, 7) is 2.10. The lowest BCUT2D eigenvalue weighted by Crippen LogP contribution is -2.40. The van der Waals surface area contributed by atoms with Crippen LogP contribution in [0.5, 0.6) is 0 Å². The average molecular weight is 293 g/mol. The first-order valence-corrected chi connectivity index (χ1v) is 8.61. The third kappa shape index (κ3) is 3.41. The molecule has 3 aliphatic rings. The highest BCUT2D eigenvalue weighted by Crippen LogP contribution is 2.51. The molecule has 0 heterocycles. The maximum Gasteiger partial charge on any atom is 0.308 e. The van der Waals surface area contributed by atoms with Crippen LogP contribution in [-0.2, 0) is 9.59 Å². The zero-order chi connectivity index (χ0) is 15.0. The Balaban J connectivity index is 1.56. The number of hydrogen-bond acceptors (Lipinski definition) is 2. The fraction of sp³-hybridized carbons (Fsp3) is 0.882. The Kier molecular flexibility index (Phi) is 4.23. The van der Waals surface area contributed by atoms with Crippen LogP contribution in [0.1, 0.15) is 58.3 Å². The maximum absolute atomic E-state index is 12.7. The normalized spacial score (nSPS) is 30.7. The van der Waals surface area contributed by atoms with Crippen molar-refractivity contribution in [3.8, 4) is 0 Å². The summed E-state index contributed by atoms with van der Waals surface area (Å²) in [4.78, 5) is 25.7. The molecule has 0 radical (unpaired) electrons. The van der Waals surface area contributed by atoms with Gasteiger partial charge in [-0.05, 0) is 31.1 Å². The molecule has 3 aliphatic carbocycles. The fourth-order valence-corrected chi connectivity index (χ4v) is 3.97. The van der Waals surface area contributed by atoms with Gasteiger partial charge < -0.3 is 10.0 Å². The molecule has 4 heteroatoms. The quantitative estimate of drug-likeness (QED) is 0.819. The number of nitrogens with zero attached hydrogens (tertiary/aromatic N) is 1. The number of carboxylic acid groups (broad SMARTS) is 1. The Morgan fingerprint density at radius 2 is 1.81 bits per heavy atom. The number of carbonyl (C=O) groups is 2. The van der Waals surface area contributed by atoms with Gasteiger partial charge in [-0.2, -0.15) is 0 Å². The Morgan fingerprint density at radius 3 is 2.38 bits per heavy atom. The molecule has 1 amide bonds. The Labute approximate surface area is 126 Å². The lowest BCUT2D eigenvalue weighted by Gasteiger charge is -2.26. The molecule has 3 rings (SSSR count). The zero-order valence-electron chi connectivity index (χ0n) is 13.0. The molecular weight excluding hydrogens is 266 g/mol. The van der Waals surface area contributed by atoms with E-state index in [4.69, 9.17) is 5.11 Å². The predicted octanol–water partition coefficient (Wildman–Crippen LogP) is 2.91. The molecule has 3 fully saturated rings. The first-order chi connectivity index (χ1) is 10.1. The van der Waals surface area contributed by atoms with Gasteiger partial charge in [0.1, 0.15) is 0 Å². The molecule has 3 saturated carbocycles. The Bertz CT molecular complexity index is 412. The lowest BCUT2D eigenvalue weighted by atomic mass is 9.85. The third-order valence-electron chi connectivity index (χ3n) is 5.58. The number of carbonyl (C=O) groups excluding carboxylic acids is 1. The molecule has 3 atom stereocenters. The van der Waals surface area contributed by atoms with Gasteiger partial charge in [-0.3, -0.25) is 9.59 Å². The second kappa shape index (κ2) is 5.98. The van der Waals surface area contributed by atoms with Crippen molar-refractivity contribution in [1.82, 2.24) is 4.90 Å².